The van der Waals surface area contributed by atoms with Gasteiger partial charge in [-0.3, -0.25) is 4.39 Å². The average Bonchev–Trinajstić information content (AvgIpc) is 2.13. The highest BCUT2D eigenvalue weighted by atomic mass is 35.5. The molecule has 0 aliphatic rings. The van der Waals surface area contributed by atoms with Crippen LogP contribution in [0.15, 0.2) is 6.33 Å². The Balaban J connectivity index is 2.61. The van der Waals surface area contributed by atoms with E-state index in [1.807, 2.05) is 0 Å². The molecular formula is C7H10ClFN4. The van der Waals surface area contributed by atoms with E-state index in [0.29, 0.717) is 18.8 Å². The molecule has 0 radical (unpaired) electrons. The Morgan fingerprint density at radius 2 is 2.31 bits per heavy atom. The van der Waals surface area contributed by atoms with Gasteiger partial charge in [0.25, 0.3) is 0 Å². The standard InChI is InChI=1S/C7H10ClFN4/c8-5-6(10)12-4-13-7(5)11-3-1-2-9/h4H,1-3H2,(H3,10,11,12,13). The number of hydrogen-bond acceptors (Lipinski definition) is 4. The summed E-state index contributed by atoms with van der Waals surface area (Å²) in [4.78, 5) is 7.54. The van der Waals surface area contributed by atoms with Gasteiger partial charge in [0.15, 0.2) is 0 Å². The summed E-state index contributed by atoms with van der Waals surface area (Å²) < 4.78 is 11.7. The van der Waals surface area contributed by atoms with E-state index in [9.17, 15) is 4.39 Å². The molecule has 1 rings (SSSR count). The van der Waals surface area contributed by atoms with Crippen molar-refractivity contribution in [1.29, 1.82) is 0 Å². The normalized spacial score (nSPS) is 10.0. The molecule has 0 unspecified atom stereocenters. The molecule has 0 spiro atoms. The van der Waals surface area contributed by atoms with E-state index in [0.717, 1.165) is 0 Å². The number of rotatable bonds is 4. The summed E-state index contributed by atoms with van der Waals surface area (Å²) in [6.07, 6.45) is 1.72. The van der Waals surface area contributed by atoms with Crippen LogP contribution in [0.1, 0.15) is 6.42 Å². The number of anilines is 2. The van der Waals surface area contributed by atoms with Crippen molar-refractivity contribution in [2.24, 2.45) is 0 Å². The Morgan fingerprint density at radius 1 is 1.54 bits per heavy atom. The molecule has 1 aromatic rings. The number of halogens is 2. The summed E-state index contributed by atoms with van der Waals surface area (Å²) in [6.45, 7) is 0.109. The zero-order valence-electron chi connectivity index (χ0n) is 6.93. The summed E-state index contributed by atoms with van der Waals surface area (Å²) in [5.41, 5.74) is 5.43. The molecule has 0 atom stereocenters. The molecule has 13 heavy (non-hydrogen) atoms. The third kappa shape index (κ3) is 2.69. The van der Waals surface area contributed by atoms with Gasteiger partial charge in [0.05, 0.1) is 6.67 Å². The molecule has 1 aromatic heterocycles. The van der Waals surface area contributed by atoms with E-state index in [4.69, 9.17) is 17.3 Å². The predicted octanol–water partition coefficient (Wildman–Crippen LogP) is 1.48. The first-order valence-corrected chi connectivity index (χ1v) is 4.19. The number of nitrogens with zero attached hydrogens (tertiary/aromatic N) is 2. The van der Waals surface area contributed by atoms with Crippen molar-refractivity contribution < 1.29 is 4.39 Å². The molecule has 0 saturated carbocycles. The number of nitrogens with one attached hydrogen (secondary N) is 1. The molecule has 0 aliphatic carbocycles. The SMILES string of the molecule is Nc1ncnc(NCCCF)c1Cl. The van der Waals surface area contributed by atoms with Crippen molar-refractivity contribution in [3.8, 4) is 0 Å². The number of nitrogens with two attached hydrogens (primary N) is 1. The second-order valence-electron chi connectivity index (χ2n) is 2.39. The van der Waals surface area contributed by atoms with Crippen molar-refractivity contribution >= 4 is 23.2 Å². The van der Waals surface area contributed by atoms with E-state index >= 15 is 0 Å². The lowest BCUT2D eigenvalue weighted by Crippen LogP contribution is -2.06. The van der Waals surface area contributed by atoms with Crippen LogP contribution in [0.25, 0.3) is 0 Å². The lowest BCUT2D eigenvalue weighted by molar-refractivity contribution is 0.481. The van der Waals surface area contributed by atoms with Crippen molar-refractivity contribution in [2.75, 3.05) is 24.3 Å². The molecule has 3 N–H and O–H groups in total. The second kappa shape index (κ2) is 4.81. The summed E-state index contributed by atoms with van der Waals surface area (Å²) in [5, 5.41) is 3.13. The maximum absolute atomic E-state index is 11.7. The molecular weight excluding hydrogens is 195 g/mol. The summed E-state index contributed by atoms with van der Waals surface area (Å²) in [6, 6.07) is 0. The van der Waals surface area contributed by atoms with E-state index in [1.165, 1.54) is 6.33 Å². The van der Waals surface area contributed by atoms with Crippen LogP contribution in [0.5, 0.6) is 0 Å². The molecule has 0 saturated heterocycles. The molecule has 6 heteroatoms. The minimum Gasteiger partial charge on any atom is -0.382 e. The zero-order valence-corrected chi connectivity index (χ0v) is 7.68. The first-order chi connectivity index (χ1) is 6.25. The summed E-state index contributed by atoms with van der Waals surface area (Å²) in [5.74, 6) is 0.669. The van der Waals surface area contributed by atoms with Crippen LogP contribution >= 0.6 is 11.6 Å². The minimum absolute atomic E-state index is 0.222. The van der Waals surface area contributed by atoms with Gasteiger partial charge in [0.2, 0.25) is 0 Å². The van der Waals surface area contributed by atoms with E-state index in [1.54, 1.807) is 0 Å². The third-order valence-electron chi connectivity index (χ3n) is 1.42. The van der Waals surface area contributed by atoms with Crippen molar-refractivity contribution in [2.45, 2.75) is 6.42 Å². The maximum Gasteiger partial charge on any atom is 0.150 e. The van der Waals surface area contributed by atoms with Gasteiger partial charge in [-0.15, -0.1) is 0 Å². The van der Waals surface area contributed by atoms with Crippen LogP contribution in [0.4, 0.5) is 16.0 Å². The van der Waals surface area contributed by atoms with Crippen LogP contribution in [-0.4, -0.2) is 23.2 Å². The largest absolute Gasteiger partial charge is 0.382 e. The van der Waals surface area contributed by atoms with Crippen LogP contribution in [0, 0.1) is 0 Å². The Hall–Kier alpha value is -1.10. The third-order valence-corrected chi connectivity index (χ3v) is 1.79. The van der Waals surface area contributed by atoms with Crippen molar-refractivity contribution in [3.05, 3.63) is 11.3 Å². The fourth-order valence-corrected chi connectivity index (χ4v) is 0.945. The molecule has 0 aromatic carbocycles. The number of aromatic nitrogens is 2. The first kappa shape index (κ1) is 9.98. The molecule has 4 nitrogen and oxygen atoms in total. The fourth-order valence-electron chi connectivity index (χ4n) is 0.780. The monoisotopic (exact) mass is 204 g/mol. The Kier molecular flexibility index (Phi) is 3.70. The number of hydrogen-bond donors (Lipinski definition) is 2. The molecule has 0 bridgehead atoms. The number of nitrogen functional groups attached to an aromatic ring is 1. The lowest BCUT2D eigenvalue weighted by atomic mass is 10.4. The highest BCUT2D eigenvalue weighted by Gasteiger charge is 2.04. The highest BCUT2D eigenvalue weighted by Crippen LogP contribution is 2.22. The van der Waals surface area contributed by atoms with Gasteiger partial charge >= 0.3 is 0 Å². The molecule has 0 fully saturated rings. The van der Waals surface area contributed by atoms with Gasteiger partial charge in [-0.2, -0.15) is 0 Å². The van der Waals surface area contributed by atoms with E-state index < -0.39 is 0 Å². The summed E-state index contributed by atoms with van der Waals surface area (Å²) >= 11 is 5.77. The highest BCUT2D eigenvalue weighted by molar-refractivity contribution is 6.35. The van der Waals surface area contributed by atoms with Crippen molar-refractivity contribution in [3.63, 3.8) is 0 Å². The van der Waals surface area contributed by atoms with Crippen LogP contribution < -0.4 is 11.1 Å². The molecule has 1 heterocycles. The Morgan fingerprint density at radius 3 is 3.00 bits per heavy atom. The quantitative estimate of drug-likeness (QED) is 0.730. The van der Waals surface area contributed by atoms with Gasteiger partial charge in [0, 0.05) is 6.54 Å². The van der Waals surface area contributed by atoms with Gasteiger partial charge < -0.3 is 11.1 Å². The first-order valence-electron chi connectivity index (χ1n) is 3.81. The zero-order chi connectivity index (χ0) is 9.68. The Bertz CT molecular complexity index is 281. The molecule has 72 valence electrons. The predicted molar refractivity (Wildman–Crippen MR) is 50.5 cm³/mol. The van der Waals surface area contributed by atoms with E-state index in [-0.39, 0.29) is 17.5 Å². The topological polar surface area (TPSA) is 63.8 Å². The van der Waals surface area contributed by atoms with Crippen LogP contribution in [0.2, 0.25) is 5.02 Å². The van der Waals surface area contributed by atoms with Gasteiger partial charge in [-0.1, -0.05) is 11.6 Å². The molecule has 0 amide bonds. The van der Waals surface area contributed by atoms with Crippen LogP contribution in [0.3, 0.4) is 0 Å². The fraction of sp³-hybridized carbons (Fsp3) is 0.429. The average molecular weight is 205 g/mol. The minimum atomic E-state index is -0.370. The Labute approximate surface area is 80.3 Å². The lowest BCUT2D eigenvalue weighted by Gasteiger charge is -2.06. The van der Waals surface area contributed by atoms with E-state index in [2.05, 4.69) is 15.3 Å². The van der Waals surface area contributed by atoms with Gasteiger partial charge in [-0.25, -0.2) is 9.97 Å². The van der Waals surface area contributed by atoms with Gasteiger partial charge in [-0.05, 0) is 6.42 Å². The van der Waals surface area contributed by atoms with Crippen LogP contribution in [-0.2, 0) is 0 Å². The van der Waals surface area contributed by atoms with Gasteiger partial charge in [0.1, 0.15) is 23.0 Å². The second-order valence-corrected chi connectivity index (χ2v) is 2.77. The maximum atomic E-state index is 11.7. The molecule has 0 aliphatic heterocycles. The van der Waals surface area contributed by atoms with Crippen molar-refractivity contribution in [1.82, 2.24) is 9.97 Å². The number of alkyl halides is 1. The summed E-state index contributed by atoms with van der Waals surface area (Å²) in [7, 11) is 0. The smallest absolute Gasteiger partial charge is 0.150 e.